The second-order valence-electron chi connectivity index (χ2n) is 6.79. The molecule has 0 aliphatic carbocycles. The Labute approximate surface area is 164 Å². The van der Waals surface area contributed by atoms with Crippen LogP contribution in [0.1, 0.15) is 13.8 Å². The highest BCUT2D eigenvalue weighted by molar-refractivity contribution is 5.96. The summed E-state index contributed by atoms with van der Waals surface area (Å²) in [4.78, 5) is 35.4. The first-order valence-electron chi connectivity index (χ1n) is 8.61. The number of nitrogens with zero attached hydrogens (tertiary/aromatic N) is 3. The Kier molecular flexibility index (Phi) is 5.22. The fourth-order valence-electron chi connectivity index (χ4n) is 2.63. The minimum absolute atomic E-state index is 0.104. The molecule has 2 aromatic carbocycles. The lowest BCUT2D eigenvalue weighted by Gasteiger charge is -2.25. The van der Waals surface area contributed by atoms with Crippen LogP contribution in [0.5, 0.6) is 0 Å². The van der Waals surface area contributed by atoms with Crippen molar-refractivity contribution in [1.29, 1.82) is 0 Å². The molecule has 0 saturated heterocycles. The van der Waals surface area contributed by atoms with Crippen LogP contribution in [0, 0.1) is 15.9 Å². The van der Waals surface area contributed by atoms with Crippen LogP contribution in [0.15, 0.2) is 65.5 Å². The molecule has 3 rings (SSSR count). The van der Waals surface area contributed by atoms with E-state index in [-0.39, 0.29) is 5.69 Å². The first-order chi connectivity index (χ1) is 13.7. The van der Waals surface area contributed by atoms with Gasteiger partial charge in [-0.15, -0.1) is 0 Å². The van der Waals surface area contributed by atoms with Crippen LogP contribution < -0.4 is 10.9 Å². The molecule has 148 valence electrons. The van der Waals surface area contributed by atoms with Gasteiger partial charge in [-0.1, -0.05) is 0 Å². The molecule has 8 nitrogen and oxygen atoms in total. The molecule has 0 aliphatic heterocycles. The molecule has 3 aromatic rings. The topological polar surface area (TPSA) is 107 Å². The average molecular weight is 396 g/mol. The van der Waals surface area contributed by atoms with Gasteiger partial charge in [0.1, 0.15) is 11.4 Å². The zero-order valence-corrected chi connectivity index (χ0v) is 15.6. The summed E-state index contributed by atoms with van der Waals surface area (Å²) in [6, 6.07) is 13.7. The van der Waals surface area contributed by atoms with Crippen LogP contribution in [-0.4, -0.2) is 20.6 Å². The number of nitro benzene ring substituents is 1. The van der Waals surface area contributed by atoms with Gasteiger partial charge in [0.25, 0.3) is 17.2 Å². The van der Waals surface area contributed by atoms with Crippen molar-refractivity contribution in [2.24, 2.45) is 0 Å². The highest BCUT2D eigenvalue weighted by atomic mass is 19.1. The van der Waals surface area contributed by atoms with Gasteiger partial charge in [-0.05, 0) is 56.3 Å². The Morgan fingerprint density at radius 1 is 1.07 bits per heavy atom. The van der Waals surface area contributed by atoms with Crippen molar-refractivity contribution in [3.8, 4) is 11.3 Å². The van der Waals surface area contributed by atoms with Crippen molar-refractivity contribution in [3.05, 3.63) is 86.9 Å². The van der Waals surface area contributed by atoms with E-state index < -0.39 is 27.7 Å². The van der Waals surface area contributed by atoms with Crippen molar-refractivity contribution in [2.75, 3.05) is 5.32 Å². The SMILES string of the molecule is CC(C)(C(=O)Nc1ccc([N+](=O)[O-])cc1)n1nc(-c2ccc(F)cc2)ccc1=O. The molecule has 0 aliphatic rings. The van der Waals surface area contributed by atoms with Crippen molar-refractivity contribution in [2.45, 2.75) is 19.4 Å². The summed E-state index contributed by atoms with van der Waals surface area (Å²) in [7, 11) is 0. The van der Waals surface area contributed by atoms with E-state index in [2.05, 4.69) is 10.4 Å². The van der Waals surface area contributed by atoms with E-state index in [1.54, 1.807) is 0 Å². The number of non-ortho nitro benzene ring substituents is 1. The Balaban J connectivity index is 1.90. The Bertz CT molecular complexity index is 1120. The summed E-state index contributed by atoms with van der Waals surface area (Å²) in [6.45, 7) is 3.05. The Hall–Kier alpha value is -3.88. The van der Waals surface area contributed by atoms with Gasteiger partial charge in [-0.2, -0.15) is 5.10 Å². The van der Waals surface area contributed by atoms with E-state index in [4.69, 9.17) is 0 Å². The van der Waals surface area contributed by atoms with Gasteiger partial charge in [0.15, 0.2) is 0 Å². The predicted octanol–water partition coefficient (Wildman–Crippen LogP) is 3.33. The number of carbonyl (C=O) groups is 1. The lowest BCUT2D eigenvalue weighted by molar-refractivity contribution is -0.384. The monoisotopic (exact) mass is 396 g/mol. The number of anilines is 1. The van der Waals surface area contributed by atoms with E-state index >= 15 is 0 Å². The summed E-state index contributed by atoms with van der Waals surface area (Å²) < 4.78 is 14.2. The molecule has 0 radical (unpaired) electrons. The fraction of sp³-hybridized carbons (Fsp3) is 0.150. The second-order valence-corrected chi connectivity index (χ2v) is 6.79. The molecule has 0 unspecified atom stereocenters. The number of nitrogens with one attached hydrogen (secondary N) is 1. The summed E-state index contributed by atoms with van der Waals surface area (Å²) >= 11 is 0. The lowest BCUT2D eigenvalue weighted by Crippen LogP contribution is -2.47. The number of rotatable bonds is 5. The first kappa shape index (κ1) is 19.9. The summed E-state index contributed by atoms with van der Waals surface area (Å²) in [6.07, 6.45) is 0. The molecule has 0 fully saturated rings. The molecule has 0 atom stereocenters. The molecule has 1 N–H and O–H groups in total. The molecular formula is C20H17FN4O4. The van der Waals surface area contributed by atoms with Gasteiger partial charge in [0, 0.05) is 29.4 Å². The molecule has 1 amide bonds. The van der Waals surface area contributed by atoms with Gasteiger partial charge in [0.2, 0.25) is 0 Å². The second kappa shape index (κ2) is 7.63. The zero-order valence-electron chi connectivity index (χ0n) is 15.6. The van der Waals surface area contributed by atoms with E-state index in [0.717, 1.165) is 4.68 Å². The van der Waals surface area contributed by atoms with Gasteiger partial charge < -0.3 is 5.32 Å². The van der Waals surface area contributed by atoms with Crippen LogP contribution in [0.2, 0.25) is 0 Å². The normalized spacial score (nSPS) is 11.1. The Morgan fingerprint density at radius 3 is 2.28 bits per heavy atom. The maximum atomic E-state index is 13.2. The number of carbonyl (C=O) groups excluding carboxylic acids is 1. The smallest absolute Gasteiger partial charge is 0.269 e. The molecule has 0 spiro atoms. The van der Waals surface area contributed by atoms with Crippen LogP contribution in [0.4, 0.5) is 15.8 Å². The molecule has 0 saturated carbocycles. The van der Waals surface area contributed by atoms with Crippen LogP contribution in [-0.2, 0) is 10.3 Å². The van der Waals surface area contributed by atoms with Crippen LogP contribution >= 0.6 is 0 Å². The van der Waals surface area contributed by atoms with Gasteiger partial charge in [-0.25, -0.2) is 9.07 Å². The number of aromatic nitrogens is 2. The van der Waals surface area contributed by atoms with Crippen molar-refractivity contribution < 1.29 is 14.1 Å². The van der Waals surface area contributed by atoms with E-state index in [9.17, 15) is 24.1 Å². The van der Waals surface area contributed by atoms with Gasteiger partial charge in [0.05, 0.1) is 10.6 Å². The number of halogens is 1. The molecule has 1 aromatic heterocycles. The largest absolute Gasteiger partial charge is 0.324 e. The van der Waals surface area contributed by atoms with Crippen molar-refractivity contribution in [3.63, 3.8) is 0 Å². The number of benzene rings is 2. The molecular weight excluding hydrogens is 379 g/mol. The maximum Gasteiger partial charge on any atom is 0.269 e. The van der Waals surface area contributed by atoms with Gasteiger partial charge >= 0.3 is 0 Å². The Morgan fingerprint density at radius 2 is 1.69 bits per heavy atom. The predicted molar refractivity (Wildman–Crippen MR) is 105 cm³/mol. The number of nitro groups is 1. The van der Waals surface area contributed by atoms with Crippen molar-refractivity contribution in [1.82, 2.24) is 9.78 Å². The fourth-order valence-corrected chi connectivity index (χ4v) is 2.63. The average Bonchev–Trinajstić information content (AvgIpc) is 2.69. The van der Waals surface area contributed by atoms with E-state index in [1.165, 1.54) is 74.5 Å². The summed E-state index contributed by atoms with van der Waals surface area (Å²) in [5.74, 6) is -0.929. The highest BCUT2D eigenvalue weighted by Gasteiger charge is 2.32. The molecule has 29 heavy (non-hydrogen) atoms. The minimum atomic E-state index is -1.37. The lowest BCUT2D eigenvalue weighted by atomic mass is 10.0. The molecule has 1 heterocycles. The van der Waals surface area contributed by atoms with Crippen LogP contribution in [0.3, 0.4) is 0 Å². The number of hydrogen-bond donors (Lipinski definition) is 1. The summed E-state index contributed by atoms with van der Waals surface area (Å²) in [5, 5.41) is 17.6. The maximum absolute atomic E-state index is 13.2. The third-order valence-electron chi connectivity index (χ3n) is 4.36. The first-order valence-corrected chi connectivity index (χ1v) is 8.61. The molecule has 0 bridgehead atoms. The highest BCUT2D eigenvalue weighted by Crippen LogP contribution is 2.21. The number of hydrogen-bond acceptors (Lipinski definition) is 5. The van der Waals surface area contributed by atoms with E-state index in [0.29, 0.717) is 16.9 Å². The standard InChI is InChI=1S/C20H17FN4O4/c1-20(2,19(27)22-15-7-9-16(10-8-15)25(28)29)24-18(26)12-11-17(23-24)13-3-5-14(21)6-4-13/h3-12H,1-2H3,(H,22,27). The zero-order chi connectivity index (χ0) is 21.2. The van der Waals surface area contributed by atoms with Crippen molar-refractivity contribution >= 4 is 17.3 Å². The molecule has 9 heteroatoms. The van der Waals surface area contributed by atoms with Crippen LogP contribution in [0.25, 0.3) is 11.3 Å². The third-order valence-corrected chi connectivity index (χ3v) is 4.36. The number of amides is 1. The summed E-state index contributed by atoms with van der Waals surface area (Å²) in [5.41, 5.74) is -0.620. The third kappa shape index (κ3) is 4.18. The minimum Gasteiger partial charge on any atom is -0.324 e. The van der Waals surface area contributed by atoms with E-state index in [1.807, 2.05) is 0 Å². The quantitative estimate of drug-likeness (QED) is 0.526. The van der Waals surface area contributed by atoms with Gasteiger partial charge in [-0.3, -0.25) is 19.7 Å².